The number of nitrogens with zero attached hydrogens (tertiary/aromatic N) is 4. The fourth-order valence-electron chi connectivity index (χ4n) is 4.38. The molecule has 3 atom stereocenters. The normalized spacial score (nSPS) is 19.9. The highest BCUT2D eigenvalue weighted by Crippen LogP contribution is 2.39. The first-order valence-corrected chi connectivity index (χ1v) is 11.3. The highest BCUT2D eigenvalue weighted by atomic mass is 79.9. The average molecular weight is 483 g/mol. The number of nitrogens with two attached hydrogens (primary N) is 1. The molecule has 1 aliphatic rings. The number of amides is 1. The van der Waals surface area contributed by atoms with Gasteiger partial charge in [-0.15, -0.1) is 0 Å². The molecule has 0 bridgehead atoms. The van der Waals surface area contributed by atoms with Crippen LogP contribution in [0.4, 0.5) is 5.82 Å². The number of hydrogen-bond donors (Lipinski definition) is 2. The van der Waals surface area contributed by atoms with E-state index in [2.05, 4.69) is 53.8 Å². The Labute approximate surface area is 190 Å². The molecular formula is C23H27BrN6O. The third kappa shape index (κ3) is 3.92. The van der Waals surface area contributed by atoms with E-state index in [1.165, 1.54) is 6.33 Å². The lowest BCUT2D eigenvalue weighted by Crippen LogP contribution is -2.27. The molecule has 0 aliphatic carbocycles. The number of allylic oxidation sites excluding steroid dienone is 1. The van der Waals surface area contributed by atoms with Gasteiger partial charge in [0.2, 0.25) is 0 Å². The number of hydrogen-bond acceptors (Lipinski definition) is 5. The molecule has 1 fully saturated rings. The van der Waals surface area contributed by atoms with Gasteiger partial charge in [-0.1, -0.05) is 36.4 Å². The van der Waals surface area contributed by atoms with Crippen LogP contribution in [0.15, 0.2) is 53.5 Å². The zero-order valence-corrected chi connectivity index (χ0v) is 19.5. The van der Waals surface area contributed by atoms with Gasteiger partial charge in [-0.05, 0) is 54.9 Å². The number of carbonyl (C=O) groups excluding carboxylic acids is 1. The van der Waals surface area contributed by atoms with E-state index in [1.807, 2.05) is 50.3 Å². The molecule has 3 heterocycles. The van der Waals surface area contributed by atoms with Gasteiger partial charge in [-0.2, -0.15) is 0 Å². The van der Waals surface area contributed by atoms with Gasteiger partial charge < -0.3 is 20.5 Å². The number of nitrogen functional groups attached to an aromatic ring is 1. The molecular weight excluding hydrogens is 456 g/mol. The summed E-state index contributed by atoms with van der Waals surface area (Å²) in [5, 5.41) is 3.69. The van der Waals surface area contributed by atoms with Crippen LogP contribution in [0.2, 0.25) is 0 Å². The fraction of sp³-hybridized carbons (Fsp3) is 0.348. The minimum atomic E-state index is -0.204. The number of fused-ring (bicyclic) bond motifs is 1. The Bertz CT molecular complexity index is 1130. The largest absolute Gasteiger partial charge is 0.383 e. The van der Waals surface area contributed by atoms with E-state index in [9.17, 15) is 4.79 Å². The smallest absolute Gasteiger partial charge is 0.255 e. The van der Waals surface area contributed by atoms with E-state index in [0.717, 1.165) is 18.5 Å². The van der Waals surface area contributed by atoms with Crippen molar-refractivity contribution in [3.63, 3.8) is 0 Å². The van der Waals surface area contributed by atoms with Crippen LogP contribution in [0.25, 0.3) is 11.0 Å². The van der Waals surface area contributed by atoms with Crippen LogP contribution < -0.4 is 11.1 Å². The monoisotopic (exact) mass is 482 g/mol. The Morgan fingerprint density at radius 3 is 2.77 bits per heavy atom. The lowest BCUT2D eigenvalue weighted by Gasteiger charge is -2.18. The van der Waals surface area contributed by atoms with Crippen LogP contribution in [0.3, 0.4) is 0 Å². The van der Waals surface area contributed by atoms with Gasteiger partial charge >= 0.3 is 0 Å². The van der Waals surface area contributed by atoms with E-state index >= 15 is 0 Å². The quantitative estimate of drug-likeness (QED) is 0.561. The predicted molar refractivity (Wildman–Crippen MR) is 127 cm³/mol. The van der Waals surface area contributed by atoms with Gasteiger partial charge in [0.25, 0.3) is 5.91 Å². The Morgan fingerprint density at radius 1 is 1.32 bits per heavy atom. The number of nitrogens with one attached hydrogen (secondary N) is 1. The lowest BCUT2D eigenvalue weighted by atomic mass is 10.1. The van der Waals surface area contributed by atoms with E-state index in [1.54, 1.807) is 0 Å². The number of anilines is 1. The van der Waals surface area contributed by atoms with Crippen LogP contribution in [-0.4, -0.2) is 37.9 Å². The fourth-order valence-corrected chi connectivity index (χ4v) is 5.21. The number of carbonyl (C=O) groups is 1. The summed E-state index contributed by atoms with van der Waals surface area (Å²) in [6.45, 7) is 7.02. The van der Waals surface area contributed by atoms with Gasteiger partial charge in [0, 0.05) is 12.6 Å². The van der Waals surface area contributed by atoms with Crippen molar-refractivity contribution in [1.82, 2.24) is 24.8 Å². The molecule has 2 aromatic heterocycles. The Hall–Kier alpha value is -2.87. The van der Waals surface area contributed by atoms with Crippen LogP contribution in [0.5, 0.6) is 0 Å². The van der Waals surface area contributed by atoms with Crippen molar-refractivity contribution in [1.29, 1.82) is 0 Å². The van der Waals surface area contributed by atoms with Crippen molar-refractivity contribution in [3.8, 4) is 0 Å². The summed E-state index contributed by atoms with van der Waals surface area (Å²) in [6, 6.07) is 10.3. The summed E-state index contributed by atoms with van der Waals surface area (Å²) in [6.07, 6.45) is 6.56. The first-order chi connectivity index (χ1) is 14.9. The second-order valence-corrected chi connectivity index (χ2v) is 8.77. The van der Waals surface area contributed by atoms with Crippen LogP contribution in [-0.2, 0) is 0 Å². The summed E-state index contributed by atoms with van der Waals surface area (Å²) < 4.78 is 2.78. The summed E-state index contributed by atoms with van der Waals surface area (Å²) in [5.74, 6) is 0.100. The summed E-state index contributed by atoms with van der Waals surface area (Å²) in [5.41, 5.74) is 8.42. The van der Waals surface area contributed by atoms with E-state index in [0.29, 0.717) is 33.1 Å². The number of halogens is 1. The first kappa shape index (κ1) is 21.4. The second kappa shape index (κ2) is 8.70. The third-order valence-corrected chi connectivity index (χ3v) is 6.71. The van der Waals surface area contributed by atoms with Gasteiger partial charge in [0.15, 0.2) is 0 Å². The SMILES string of the molecule is CC=CN1C[C@H](n2c(Br)c(C(=O)N[C@H](C)c3ccccc3)c3c(N)ncnc32)C[C@@H]1C. The molecule has 8 heteroatoms. The Balaban J connectivity index is 1.75. The van der Waals surface area contributed by atoms with Crippen molar-refractivity contribution in [2.45, 2.75) is 45.3 Å². The molecule has 1 saturated heterocycles. The van der Waals surface area contributed by atoms with Gasteiger partial charge in [0.1, 0.15) is 22.4 Å². The van der Waals surface area contributed by atoms with Crippen molar-refractivity contribution in [3.05, 3.63) is 64.7 Å². The maximum atomic E-state index is 13.4. The molecule has 7 nitrogen and oxygen atoms in total. The van der Waals surface area contributed by atoms with Gasteiger partial charge in [-0.3, -0.25) is 4.79 Å². The molecule has 3 aromatic rings. The lowest BCUT2D eigenvalue weighted by molar-refractivity contribution is 0.0940. The van der Waals surface area contributed by atoms with Crippen molar-refractivity contribution in [2.75, 3.05) is 12.3 Å². The first-order valence-electron chi connectivity index (χ1n) is 10.5. The zero-order chi connectivity index (χ0) is 22.1. The number of rotatable bonds is 5. The standard InChI is InChI=1S/C23H27BrN6O/c1-4-10-29-12-17(11-14(29)2)30-20(24)18(19-21(25)26-13-27-22(19)30)23(31)28-15(3)16-8-6-5-7-9-16/h4-10,13-15,17H,11-12H2,1-3H3,(H,28,31)(H2,25,26,27)/t14-,15+,17+/m0/s1. The molecule has 0 spiro atoms. The minimum Gasteiger partial charge on any atom is -0.383 e. The summed E-state index contributed by atoms with van der Waals surface area (Å²) >= 11 is 3.71. The third-order valence-electron chi connectivity index (χ3n) is 5.93. The molecule has 0 radical (unpaired) electrons. The van der Waals surface area contributed by atoms with E-state index < -0.39 is 0 Å². The Morgan fingerprint density at radius 2 is 2.06 bits per heavy atom. The van der Waals surface area contributed by atoms with Crippen molar-refractivity contribution in [2.24, 2.45) is 0 Å². The number of benzene rings is 1. The molecule has 0 saturated carbocycles. The topological polar surface area (TPSA) is 89.1 Å². The molecule has 1 aliphatic heterocycles. The van der Waals surface area contributed by atoms with Crippen LogP contribution in [0, 0.1) is 0 Å². The average Bonchev–Trinajstić information content (AvgIpc) is 3.26. The highest BCUT2D eigenvalue weighted by molar-refractivity contribution is 9.10. The predicted octanol–water partition coefficient (Wildman–Crippen LogP) is 4.44. The van der Waals surface area contributed by atoms with Crippen LogP contribution in [0.1, 0.15) is 55.2 Å². The molecule has 31 heavy (non-hydrogen) atoms. The van der Waals surface area contributed by atoms with Gasteiger partial charge in [0.05, 0.1) is 23.0 Å². The Kier molecular flexibility index (Phi) is 6.00. The van der Waals surface area contributed by atoms with Crippen LogP contribution >= 0.6 is 15.9 Å². The van der Waals surface area contributed by atoms with Crippen molar-refractivity contribution >= 4 is 38.7 Å². The summed E-state index contributed by atoms with van der Waals surface area (Å²) in [7, 11) is 0. The number of aromatic nitrogens is 3. The molecule has 162 valence electrons. The molecule has 3 N–H and O–H groups in total. The van der Waals surface area contributed by atoms with E-state index in [-0.39, 0.29) is 18.0 Å². The number of likely N-dealkylation sites (tertiary alicyclic amines) is 1. The summed E-state index contributed by atoms with van der Waals surface area (Å²) in [4.78, 5) is 24.4. The second-order valence-electron chi connectivity index (χ2n) is 8.02. The molecule has 4 rings (SSSR count). The maximum Gasteiger partial charge on any atom is 0.255 e. The maximum absolute atomic E-state index is 13.4. The van der Waals surface area contributed by atoms with E-state index in [4.69, 9.17) is 5.73 Å². The molecule has 1 aromatic carbocycles. The minimum absolute atomic E-state index is 0.151. The van der Waals surface area contributed by atoms with Gasteiger partial charge in [-0.25, -0.2) is 9.97 Å². The molecule has 0 unspecified atom stereocenters. The molecule has 1 amide bonds. The zero-order valence-electron chi connectivity index (χ0n) is 17.9. The van der Waals surface area contributed by atoms with Crippen molar-refractivity contribution < 1.29 is 4.79 Å². The highest BCUT2D eigenvalue weighted by Gasteiger charge is 2.34.